The lowest BCUT2D eigenvalue weighted by molar-refractivity contribution is 0.259. The molecule has 1 rings (SSSR count). The van der Waals surface area contributed by atoms with Crippen LogP contribution in [0, 0.1) is 5.41 Å². The lowest BCUT2D eigenvalue weighted by Crippen LogP contribution is -2.29. The number of carbonyl (C=O) groups excluding carboxylic acids is 1. The Balaban J connectivity index is 2.59. The van der Waals surface area contributed by atoms with E-state index in [0.717, 1.165) is 6.54 Å². The van der Waals surface area contributed by atoms with Crippen LogP contribution in [-0.4, -0.2) is 12.6 Å². The van der Waals surface area contributed by atoms with Gasteiger partial charge in [0.2, 0.25) is 0 Å². The molecule has 4 nitrogen and oxygen atoms in total. The molecule has 0 aromatic heterocycles. The van der Waals surface area contributed by atoms with Crippen LogP contribution in [0.1, 0.15) is 39.3 Å². The zero-order valence-electron chi connectivity index (χ0n) is 11.6. The van der Waals surface area contributed by atoms with Crippen molar-refractivity contribution in [2.24, 2.45) is 11.1 Å². The summed E-state index contributed by atoms with van der Waals surface area (Å²) in [4.78, 5) is 10.7. The van der Waals surface area contributed by atoms with Crippen molar-refractivity contribution in [3.8, 4) is 0 Å². The number of nitrogens with two attached hydrogens (primary N) is 1. The van der Waals surface area contributed by atoms with Gasteiger partial charge >= 0.3 is 6.03 Å². The highest BCUT2D eigenvalue weighted by molar-refractivity contribution is 5.87. The Hall–Kier alpha value is -1.55. The number of urea groups is 1. The van der Waals surface area contributed by atoms with E-state index >= 15 is 0 Å². The standard InChI is InChI=1S/C14H23N3O/c1-10(16-9-14(2,3)4)11-5-7-12(8-6-11)17-13(15)18/h5-8,10,16H,9H2,1-4H3,(H3,15,17,18). The molecule has 4 heteroatoms. The van der Waals surface area contributed by atoms with Crippen molar-refractivity contribution in [2.45, 2.75) is 33.7 Å². The van der Waals surface area contributed by atoms with Gasteiger partial charge in [0, 0.05) is 18.3 Å². The van der Waals surface area contributed by atoms with Crippen molar-refractivity contribution < 1.29 is 4.79 Å². The lowest BCUT2D eigenvalue weighted by atomic mass is 9.96. The lowest BCUT2D eigenvalue weighted by Gasteiger charge is -2.23. The zero-order valence-corrected chi connectivity index (χ0v) is 11.6. The minimum atomic E-state index is -0.540. The third kappa shape index (κ3) is 5.19. The van der Waals surface area contributed by atoms with Gasteiger partial charge in [-0.2, -0.15) is 0 Å². The van der Waals surface area contributed by atoms with Crippen molar-refractivity contribution >= 4 is 11.7 Å². The Labute approximate surface area is 109 Å². The normalized spacial score (nSPS) is 13.1. The molecule has 0 fully saturated rings. The molecule has 0 aliphatic carbocycles. The third-order valence-electron chi connectivity index (χ3n) is 2.62. The van der Waals surface area contributed by atoms with Gasteiger partial charge in [0.15, 0.2) is 0 Å². The van der Waals surface area contributed by atoms with E-state index in [1.54, 1.807) is 0 Å². The summed E-state index contributed by atoms with van der Waals surface area (Å²) >= 11 is 0. The number of rotatable bonds is 4. The van der Waals surface area contributed by atoms with Crippen LogP contribution in [0.15, 0.2) is 24.3 Å². The van der Waals surface area contributed by atoms with E-state index in [-0.39, 0.29) is 11.5 Å². The molecule has 0 saturated carbocycles. The molecule has 1 aromatic rings. The van der Waals surface area contributed by atoms with Gasteiger partial charge in [0.1, 0.15) is 0 Å². The molecule has 0 aliphatic rings. The second-order valence-corrected chi connectivity index (χ2v) is 5.77. The summed E-state index contributed by atoms with van der Waals surface area (Å²) in [6.07, 6.45) is 0. The van der Waals surface area contributed by atoms with Gasteiger partial charge < -0.3 is 16.4 Å². The second-order valence-electron chi connectivity index (χ2n) is 5.77. The quantitative estimate of drug-likeness (QED) is 0.768. The van der Waals surface area contributed by atoms with Crippen LogP contribution in [0.5, 0.6) is 0 Å². The fraction of sp³-hybridized carbons (Fsp3) is 0.500. The summed E-state index contributed by atoms with van der Waals surface area (Å²) in [5.41, 5.74) is 7.23. The number of primary amides is 1. The van der Waals surface area contributed by atoms with E-state index in [4.69, 9.17) is 5.73 Å². The molecule has 0 aliphatic heterocycles. The van der Waals surface area contributed by atoms with Crippen molar-refractivity contribution in [1.82, 2.24) is 5.32 Å². The zero-order chi connectivity index (χ0) is 13.8. The summed E-state index contributed by atoms with van der Waals surface area (Å²) in [6, 6.07) is 7.44. The monoisotopic (exact) mass is 249 g/mol. The van der Waals surface area contributed by atoms with E-state index in [0.29, 0.717) is 5.69 Å². The summed E-state index contributed by atoms with van der Waals surface area (Å²) in [5, 5.41) is 6.03. The molecule has 100 valence electrons. The third-order valence-corrected chi connectivity index (χ3v) is 2.62. The number of anilines is 1. The van der Waals surface area contributed by atoms with Gasteiger partial charge in [-0.15, -0.1) is 0 Å². The van der Waals surface area contributed by atoms with Crippen LogP contribution in [0.25, 0.3) is 0 Å². The second kappa shape index (κ2) is 5.87. The van der Waals surface area contributed by atoms with Gasteiger partial charge in [0.25, 0.3) is 0 Å². The van der Waals surface area contributed by atoms with Crippen molar-refractivity contribution in [3.63, 3.8) is 0 Å². The highest BCUT2D eigenvalue weighted by atomic mass is 16.2. The summed E-state index contributed by atoms with van der Waals surface area (Å²) in [6.45, 7) is 9.68. The van der Waals surface area contributed by atoms with Crippen LogP contribution in [0.2, 0.25) is 0 Å². The van der Waals surface area contributed by atoms with Crippen molar-refractivity contribution in [1.29, 1.82) is 0 Å². The number of hydrogen-bond acceptors (Lipinski definition) is 2. The van der Waals surface area contributed by atoms with Crippen molar-refractivity contribution in [3.05, 3.63) is 29.8 Å². The Morgan fingerprint density at radius 1 is 1.28 bits per heavy atom. The van der Waals surface area contributed by atoms with E-state index in [9.17, 15) is 4.79 Å². The number of carbonyl (C=O) groups is 1. The maximum absolute atomic E-state index is 10.7. The average molecular weight is 249 g/mol. The molecule has 2 amide bonds. The topological polar surface area (TPSA) is 67.2 Å². The average Bonchev–Trinajstić information content (AvgIpc) is 2.25. The molecule has 0 saturated heterocycles. The highest BCUT2D eigenvalue weighted by Crippen LogP contribution is 2.18. The smallest absolute Gasteiger partial charge is 0.316 e. The molecule has 0 heterocycles. The Morgan fingerprint density at radius 3 is 2.28 bits per heavy atom. The number of hydrogen-bond donors (Lipinski definition) is 3. The molecule has 1 aromatic carbocycles. The van der Waals surface area contributed by atoms with Crippen LogP contribution >= 0.6 is 0 Å². The summed E-state index contributed by atoms with van der Waals surface area (Å²) < 4.78 is 0. The highest BCUT2D eigenvalue weighted by Gasteiger charge is 2.12. The molecule has 1 unspecified atom stereocenters. The summed E-state index contributed by atoms with van der Waals surface area (Å²) in [5.74, 6) is 0. The SMILES string of the molecule is CC(NCC(C)(C)C)c1ccc(NC(N)=O)cc1. The predicted octanol–water partition coefficient (Wildman–Crippen LogP) is 2.87. The minimum Gasteiger partial charge on any atom is -0.351 e. The maximum atomic E-state index is 10.7. The van der Waals surface area contributed by atoms with Crippen molar-refractivity contribution in [2.75, 3.05) is 11.9 Å². The van der Waals surface area contributed by atoms with Gasteiger partial charge in [0.05, 0.1) is 0 Å². The largest absolute Gasteiger partial charge is 0.351 e. The molecule has 18 heavy (non-hydrogen) atoms. The van der Waals surface area contributed by atoms with E-state index in [2.05, 4.69) is 38.3 Å². The van der Waals surface area contributed by atoms with Crippen LogP contribution in [0.4, 0.5) is 10.5 Å². The molecular weight excluding hydrogens is 226 g/mol. The number of benzene rings is 1. The Bertz CT molecular complexity index is 392. The fourth-order valence-corrected chi connectivity index (χ4v) is 1.57. The first-order chi connectivity index (χ1) is 8.28. The first-order valence-corrected chi connectivity index (χ1v) is 6.18. The maximum Gasteiger partial charge on any atom is 0.316 e. The van der Waals surface area contributed by atoms with Gasteiger partial charge in [-0.3, -0.25) is 0 Å². The van der Waals surface area contributed by atoms with Gasteiger partial charge in [-0.1, -0.05) is 32.9 Å². The molecule has 0 radical (unpaired) electrons. The van der Waals surface area contributed by atoms with Gasteiger partial charge in [-0.05, 0) is 30.0 Å². The predicted molar refractivity (Wildman–Crippen MR) is 75.5 cm³/mol. The molecule has 1 atom stereocenters. The Kier molecular flexibility index (Phi) is 4.73. The van der Waals surface area contributed by atoms with E-state index in [1.165, 1.54) is 5.56 Å². The number of amides is 2. The molecule has 0 bridgehead atoms. The minimum absolute atomic E-state index is 0.266. The number of nitrogens with one attached hydrogen (secondary N) is 2. The van der Waals surface area contributed by atoms with E-state index in [1.807, 2.05) is 24.3 Å². The van der Waals surface area contributed by atoms with Crippen LogP contribution < -0.4 is 16.4 Å². The molecule has 0 spiro atoms. The molecule has 4 N–H and O–H groups in total. The van der Waals surface area contributed by atoms with E-state index < -0.39 is 6.03 Å². The Morgan fingerprint density at radius 2 is 1.83 bits per heavy atom. The first-order valence-electron chi connectivity index (χ1n) is 6.18. The molecular formula is C14H23N3O. The van der Waals surface area contributed by atoms with Crippen LogP contribution in [-0.2, 0) is 0 Å². The fourth-order valence-electron chi connectivity index (χ4n) is 1.57. The van der Waals surface area contributed by atoms with Gasteiger partial charge in [-0.25, -0.2) is 4.79 Å². The van der Waals surface area contributed by atoms with Crippen LogP contribution in [0.3, 0.4) is 0 Å². The summed E-state index contributed by atoms with van der Waals surface area (Å²) in [7, 11) is 0. The first kappa shape index (κ1) is 14.5.